The second-order valence-electron chi connectivity index (χ2n) is 8.14. The Morgan fingerprint density at radius 1 is 1.13 bits per heavy atom. The Kier molecular flexibility index (Phi) is 7.79. The van der Waals surface area contributed by atoms with Gasteiger partial charge in [0.2, 0.25) is 0 Å². The number of hydrogen-bond donors (Lipinski definition) is 1. The topological polar surface area (TPSA) is 128 Å². The molecule has 4 rings (SSSR count). The van der Waals surface area contributed by atoms with Crippen molar-refractivity contribution in [3.63, 3.8) is 0 Å². The number of barbiturate groups is 1. The number of rotatable bonds is 7. The zero-order valence-electron chi connectivity index (χ0n) is 20.0. The number of ether oxygens (including phenoxy) is 2. The highest BCUT2D eigenvalue weighted by molar-refractivity contribution is 9.10. The first kappa shape index (κ1) is 26.8. The van der Waals surface area contributed by atoms with Crippen LogP contribution in [0.15, 0.2) is 64.6 Å². The van der Waals surface area contributed by atoms with Gasteiger partial charge in [-0.1, -0.05) is 29.8 Å². The van der Waals surface area contributed by atoms with Crippen LogP contribution in [0.1, 0.15) is 16.7 Å². The van der Waals surface area contributed by atoms with Crippen LogP contribution in [0, 0.1) is 17.0 Å². The molecule has 12 heteroatoms. The number of nitrogens with zero attached hydrogens (tertiary/aromatic N) is 2. The molecule has 0 radical (unpaired) electrons. The van der Waals surface area contributed by atoms with E-state index in [-0.39, 0.29) is 29.3 Å². The van der Waals surface area contributed by atoms with Crippen molar-refractivity contribution in [2.75, 3.05) is 12.0 Å². The SMILES string of the molecule is COc1cc(/C=C2/C(=O)NC(=O)N(c3ccc(C)c(Cl)c3)C2=O)cc(Br)c1OCc1cccc([N+](=O)[O-])c1. The summed E-state index contributed by atoms with van der Waals surface area (Å²) in [7, 11) is 1.42. The summed E-state index contributed by atoms with van der Waals surface area (Å²) in [6, 6.07) is 13.0. The first-order valence-corrected chi connectivity index (χ1v) is 12.2. The fraction of sp³-hybridized carbons (Fsp3) is 0.115. The van der Waals surface area contributed by atoms with E-state index < -0.39 is 22.8 Å². The van der Waals surface area contributed by atoms with Gasteiger partial charge in [-0.3, -0.25) is 25.0 Å². The van der Waals surface area contributed by atoms with Gasteiger partial charge in [0.15, 0.2) is 11.5 Å². The fourth-order valence-electron chi connectivity index (χ4n) is 3.66. The van der Waals surface area contributed by atoms with Crippen LogP contribution in [0.2, 0.25) is 5.02 Å². The van der Waals surface area contributed by atoms with Crippen LogP contribution >= 0.6 is 27.5 Å². The van der Waals surface area contributed by atoms with E-state index in [1.165, 1.54) is 31.4 Å². The normalized spacial score (nSPS) is 14.5. The monoisotopic (exact) mass is 599 g/mol. The molecule has 0 bridgehead atoms. The molecule has 1 saturated heterocycles. The molecule has 1 heterocycles. The minimum Gasteiger partial charge on any atom is -0.493 e. The maximum Gasteiger partial charge on any atom is 0.335 e. The van der Waals surface area contributed by atoms with Crippen LogP contribution in [0.25, 0.3) is 6.08 Å². The van der Waals surface area contributed by atoms with Crippen LogP contribution in [0.5, 0.6) is 11.5 Å². The Hall–Kier alpha value is -4.22. The Morgan fingerprint density at radius 3 is 2.58 bits per heavy atom. The van der Waals surface area contributed by atoms with Crippen LogP contribution < -0.4 is 19.7 Å². The van der Waals surface area contributed by atoms with Crippen LogP contribution in [-0.2, 0) is 16.2 Å². The molecular formula is C26H19BrClN3O7. The Morgan fingerprint density at radius 2 is 1.89 bits per heavy atom. The van der Waals surface area contributed by atoms with Crippen molar-refractivity contribution in [2.45, 2.75) is 13.5 Å². The van der Waals surface area contributed by atoms with Gasteiger partial charge in [-0.25, -0.2) is 9.69 Å². The van der Waals surface area contributed by atoms with Gasteiger partial charge in [0.1, 0.15) is 12.2 Å². The van der Waals surface area contributed by atoms with Gasteiger partial charge in [-0.05, 0) is 69.9 Å². The summed E-state index contributed by atoms with van der Waals surface area (Å²) in [6.45, 7) is 1.80. The van der Waals surface area contributed by atoms with E-state index in [9.17, 15) is 24.5 Å². The number of carbonyl (C=O) groups excluding carboxylic acids is 3. The lowest BCUT2D eigenvalue weighted by molar-refractivity contribution is -0.384. The van der Waals surface area contributed by atoms with Crippen molar-refractivity contribution in [3.8, 4) is 11.5 Å². The molecule has 0 unspecified atom stereocenters. The zero-order valence-corrected chi connectivity index (χ0v) is 22.3. The number of imide groups is 2. The molecule has 0 spiro atoms. The summed E-state index contributed by atoms with van der Waals surface area (Å²) in [4.78, 5) is 49.6. The van der Waals surface area contributed by atoms with Gasteiger partial charge in [-0.15, -0.1) is 0 Å². The summed E-state index contributed by atoms with van der Waals surface area (Å²) >= 11 is 9.57. The number of anilines is 1. The Bertz CT molecular complexity index is 1520. The number of aryl methyl sites for hydroxylation is 1. The van der Waals surface area contributed by atoms with Gasteiger partial charge < -0.3 is 9.47 Å². The highest BCUT2D eigenvalue weighted by Crippen LogP contribution is 2.38. The molecule has 0 saturated carbocycles. The number of nitro benzene ring substituents is 1. The average Bonchev–Trinajstić information content (AvgIpc) is 2.87. The standard InChI is InChI=1S/C26H19BrClN3O7/c1-14-6-7-17(12-21(14)28)30-25(33)19(24(32)29-26(30)34)9-16-10-20(27)23(22(11-16)37-2)38-13-15-4-3-5-18(8-15)31(35)36/h3-12H,13H2,1-2H3,(H,29,32,34)/b19-9-. The minimum atomic E-state index is -0.888. The van der Waals surface area contributed by atoms with Crippen molar-refractivity contribution in [2.24, 2.45) is 0 Å². The third kappa shape index (κ3) is 5.53. The molecule has 1 aliphatic rings. The minimum absolute atomic E-state index is 0.0220. The van der Waals surface area contributed by atoms with E-state index >= 15 is 0 Å². The first-order valence-electron chi connectivity index (χ1n) is 11.0. The van der Waals surface area contributed by atoms with Gasteiger partial charge >= 0.3 is 6.03 Å². The molecule has 1 aliphatic heterocycles. The number of carbonyl (C=O) groups is 3. The molecule has 0 atom stereocenters. The van der Waals surface area contributed by atoms with Gasteiger partial charge in [0.05, 0.1) is 22.2 Å². The first-order chi connectivity index (χ1) is 18.1. The molecule has 0 aliphatic carbocycles. The zero-order chi connectivity index (χ0) is 27.6. The summed E-state index contributed by atoms with van der Waals surface area (Å²) in [6.07, 6.45) is 1.32. The average molecular weight is 601 g/mol. The largest absolute Gasteiger partial charge is 0.493 e. The Labute approximate surface area is 230 Å². The molecule has 3 aromatic rings. The number of nitrogens with one attached hydrogen (secondary N) is 1. The molecular weight excluding hydrogens is 582 g/mol. The van der Waals surface area contributed by atoms with Crippen molar-refractivity contribution in [1.82, 2.24) is 5.32 Å². The summed E-state index contributed by atoms with van der Waals surface area (Å²) in [5.74, 6) is -1.08. The third-order valence-electron chi connectivity index (χ3n) is 5.58. The highest BCUT2D eigenvalue weighted by atomic mass is 79.9. The number of benzene rings is 3. The molecule has 1 fully saturated rings. The van der Waals surface area contributed by atoms with E-state index in [0.29, 0.717) is 26.4 Å². The number of methoxy groups -OCH3 is 1. The van der Waals surface area contributed by atoms with E-state index in [4.69, 9.17) is 21.1 Å². The number of non-ortho nitro benzene ring substituents is 1. The molecule has 194 valence electrons. The molecule has 1 N–H and O–H groups in total. The van der Waals surface area contributed by atoms with E-state index in [1.807, 2.05) is 0 Å². The van der Waals surface area contributed by atoms with E-state index in [0.717, 1.165) is 10.5 Å². The number of urea groups is 1. The molecule has 0 aromatic heterocycles. The van der Waals surface area contributed by atoms with Crippen molar-refractivity contribution in [3.05, 3.63) is 96.5 Å². The summed E-state index contributed by atoms with van der Waals surface area (Å²) in [5, 5.41) is 13.6. The van der Waals surface area contributed by atoms with Crippen LogP contribution in [-0.4, -0.2) is 29.9 Å². The lowest BCUT2D eigenvalue weighted by Gasteiger charge is -2.26. The highest BCUT2D eigenvalue weighted by Gasteiger charge is 2.37. The Balaban J connectivity index is 1.63. The number of nitro groups is 1. The smallest absolute Gasteiger partial charge is 0.335 e. The van der Waals surface area contributed by atoms with Crippen LogP contribution in [0.3, 0.4) is 0 Å². The summed E-state index contributed by atoms with van der Waals surface area (Å²) in [5.41, 5.74) is 1.62. The lowest BCUT2D eigenvalue weighted by Crippen LogP contribution is -2.54. The van der Waals surface area contributed by atoms with Gasteiger partial charge in [-0.2, -0.15) is 0 Å². The predicted octanol–water partition coefficient (Wildman–Crippen LogP) is 5.57. The van der Waals surface area contributed by atoms with E-state index in [2.05, 4.69) is 21.2 Å². The fourth-order valence-corrected chi connectivity index (χ4v) is 4.41. The number of halogens is 2. The van der Waals surface area contributed by atoms with E-state index in [1.54, 1.807) is 43.3 Å². The number of amides is 4. The third-order valence-corrected chi connectivity index (χ3v) is 6.58. The van der Waals surface area contributed by atoms with Crippen molar-refractivity contribution in [1.29, 1.82) is 0 Å². The van der Waals surface area contributed by atoms with Crippen molar-refractivity contribution < 1.29 is 28.8 Å². The molecule has 3 aromatic carbocycles. The maximum absolute atomic E-state index is 13.2. The number of hydrogen-bond acceptors (Lipinski definition) is 7. The second-order valence-corrected chi connectivity index (χ2v) is 9.40. The molecule has 4 amide bonds. The summed E-state index contributed by atoms with van der Waals surface area (Å²) < 4.78 is 11.7. The lowest BCUT2D eigenvalue weighted by atomic mass is 10.1. The van der Waals surface area contributed by atoms with Crippen LogP contribution in [0.4, 0.5) is 16.2 Å². The quantitative estimate of drug-likeness (QED) is 0.162. The maximum atomic E-state index is 13.2. The molecule has 38 heavy (non-hydrogen) atoms. The van der Waals surface area contributed by atoms with Crippen molar-refractivity contribution >= 4 is 62.8 Å². The van der Waals surface area contributed by atoms with Gasteiger partial charge in [0.25, 0.3) is 17.5 Å². The van der Waals surface area contributed by atoms with Gasteiger partial charge in [0, 0.05) is 17.2 Å². The molecule has 10 nitrogen and oxygen atoms in total. The second kappa shape index (κ2) is 11.0. The predicted molar refractivity (Wildman–Crippen MR) is 143 cm³/mol.